The van der Waals surface area contributed by atoms with Crippen LogP contribution < -0.4 is 11.1 Å². The molecule has 0 atom stereocenters. The van der Waals surface area contributed by atoms with Crippen molar-refractivity contribution in [2.24, 2.45) is 17.8 Å². The quantitative estimate of drug-likeness (QED) is 0.425. The molecule has 0 aliphatic carbocycles. The van der Waals surface area contributed by atoms with Crippen molar-refractivity contribution in [2.45, 2.75) is 6.18 Å². The molecule has 0 aliphatic rings. The summed E-state index contributed by atoms with van der Waals surface area (Å²) in [5.74, 6) is -1.03. The summed E-state index contributed by atoms with van der Waals surface area (Å²) in [6.07, 6.45) is -1.56. The Morgan fingerprint density at radius 2 is 2.04 bits per heavy atom. The number of amides is 1. The summed E-state index contributed by atoms with van der Waals surface area (Å²) in [5, 5.41) is 6.14. The largest absolute Gasteiger partial charge is 0.435 e. The molecule has 0 saturated heterocycles. The maximum Gasteiger partial charge on any atom is 0.435 e. The second-order valence-electron chi connectivity index (χ2n) is 5.47. The topological polar surface area (TPSA) is 85.3 Å². The summed E-state index contributed by atoms with van der Waals surface area (Å²) < 4.78 is 40.1. The van der Waals surface area contributed by atoms with Crippen LogP contribution in [0.25, 0.3) is 5.57 Å². The lowest BCUT2D eigenvalue weighted by Gasteiger charge is -2.13. The van der Waals surface area contributed by atoms with Crippen molar-refractivity contribution in [3.8, 4) is 0 Å². The summed E-state index contributed by atoms with van der Waals surface area (Å²) in [7, 11) is 1.28. The highest BCUT2D eigenvalue weighted by atomic mass is 35.5. The number of aromatic nitrogens is 2. The number of halogens is 5. The van der Waals surface area contributed by atoms with Gasteiger partial charge in [0.15, 0.2) is 5.69 Å². The highest BCUT2D eigenvalue weighted by molar-refractivity contribution is 6.42. The summed E-state index contributed by atoms with van der Waals surface area (Å²) in [4.78, 5) is 16.2. The molecule has 1 amide bonds. The van der Waals surface area contributed by atoms with Crippen LogP contribution in [0.15, 0.2) is 47.9 Å². The van der Waals surface area contributed by atoms with Crippen molar-refractivity contribution in [1.29, 1.82) is 0 Å². The molecule has 28 heavy (non-hydrogen) atoms. The van der Waals surface area contributed by atoms with Crippen molar-refractivity contribution in [3.05, 3.63) is 69.7 Å². The molecule has 2 aromatic rings. The van der Waals surface area contributed by atoms with E-state index in [0.717, 1.165) is 17.2 Å². The van der Waals surface area contributed by atoms with Crippen LogP contribution in [0, 0.1) is 0 Å². The predicted molar refractivity (Wildman–Crippen MR) is 102 cm³/mol. The number of benzene rings is 1. The van der Waals surface area contributed by atoms with Crippen LogP contribution in [0.5, 0.6) is 0 Å². The maximum absolute atomic E-state index is 13.1. The van der Waals surface area contributed by atoms with Gasteiger partial charge in [-0.2, -0.15) is 18.3 Å². The minimum Gasteiger partial charge on any atom is -0.390 e. The third-order valence-electron chi connectivity index (χ3n) is 3.45. The van der Waals surface area contributed by atoms with Gasteiger partial charge < -0.3 is 11.1 Å². The van der Waals surface area contributed by atoms with Crippen molar-refractivity contribution in [2.75, 3.05) is 0 Å². The molecule has 1 heterocycles. The van der Waals surface area contributed by atoms with E-state index in [9.17, 15) is 18.0 Å². The smallest absolute Gasteiger partial charge is 0.390 e. The van der Waals surface area contributed by atoms with Gasteiger partial charge in [-0.05, 0) is 17.7 Å². The number of rotatable bonds is 5. The molecule has 0 bridgehead atoms. The molecular formula is C17H14Cl2F3N5O. The Kier molecular flexibility index (Phi) is 6.52. The number of carbonyl (C=O) groups excluding carboxylic acids is 1. The molecule has 0 saturated carbocycles. The van der Waals surface area contributed by atoms with Crippen LogP contribution >= 0.6 is 23.2 Å². The van der Waals surface area contributed by atoms with Crippen LogP contribution in [0.2, 0.25) is 10.0 Å². The van der Waals surface area contributed by atoms with E-state index in [1.807, 2.05) is 0 Å². The molecule has 1 aromatic heterocycles. The van der Waals surface area contributed by atoms with Gasteiger partial charge in [-0.3, -0.25) is 9.48 Å². The Labute approximate surface area is 168 Å². The summed E-state index contributed by atoms with van der Waals surface area (Å²) in [6.45, 7) is 3.70. The molecule has 1 aromatic carbocycles. The minimum absolute atomic E-state index is 0.0223. The van der Waals surface area contributed by atoms with Crippen LogP contribution in [0.4, 0.5) is 13.2 Å². The number of nitrogens with zero attached hydrogens (tertiary/aromatic N) is 3. The Morgan fingerprint density at radius 1 is 1.36 bits per heavy atom. The zero-order chi connectivity index (χ0) is 21.1. The monoisotopic (exact) mass is 431 g/mol. The second-order valence-corrected chi connectivity index (χ2v) is 6.28. The summed E-state index contributed by atoms with van der Waals surface area (Å²) in [5.41, 5.74) is 4.00. The average molecular weight is 432 g/mol. The fourth-order valence-corrected chi connectivity index (χ4v) is 2.54. The van der Waals surface area contributed by atoms with Crippen LogP contribution in [0.3, 0.4) is 0 Å². The first-order valence-corrected chi connectivity index (χ1v) is 8.30. The highest BCUT2D eigenvalue weighted by Gasteiger charge is 2.39. The van der Waals surface area contributed by atoms with E-state index in [0.29, 0.717) is 10.6 Å². The molecule has 11 heteroatoms. The Bertz CT molecular complexity index is 980. The molecule has 0 radical (unpaired) electrons. The highest BCUT2D eigenvalue weighted by Crippen LogP contribution is 2.31. The van der Waals surface area contributed by atoms with E-state index in [4.69, 9.17) is 28.9 Å². The minimum atomic E-state index is -4.79. The van der Waals surface area contributed by atoms with Gasteiger partial charge in [0.05, 0.1) is 21.9 Å². The number of nitrogens with two attached hydrogens (primary N) is 1. The predicted octanol–water partition coefficient (Wildman–Crippen LogP) is 4.02. The van der Waals surface area contributed by atoms with Crippen molar-refractivity contribution in [1.82, 2.24) is 15.1 Å². The van der Waals surface area contributed by atoms with E-state index < -0.39 is 23.3 Å². The van der Waals surface area contributed by atoms with Crippen LogP contribution in [0.1, 0.15) is 21.6 Å². The van der Waals surface area contributed by atoms with Gasteiger partial charge >= 0.3 is 6.18 Å². The molecule has 3 N–H and O–H groups in total. The number of allylic oxidation sites excluding steroid dienone is 1. The summed E-state index contributed by atoms with van der Waals surface area (Å²) >= 11 is 11.9. The van der Waals surface area contributed by atoms with E-state index in [2.05, 4.69) is 22.0 Å². The molecule has 2 rings (SSSR count). The fourth-order valence-electron chi connectivity index (χ4n) is 2.24. The van der Waals surface area contributed by atoms with Crippen LogP contribution in [-0.2, 0) is 13.2 Å². The van der Waals surface area contributed by atoms with Crippen molar-refractivity contribution >= 4 is 41.0 Å². The SMILES string of the molecule is C=C(NC(=O)c1cn(C)nc1C(F)(F)F)/C(=C\N=C/N)c1ccc(Cl)c(Cl)c1. The molecular weight excluding hydrogens is 418 g/mol. The molecule has 0 aliphatic heterocycles. The fraction of sp³-hybridized carbons (Fsp3) is 0.118. The Morgan fingerprint density at radius 3 is 2.61 bits per heavy atom. The number of alkyl halides is 3. The molecule has 0 fully saturated rings. The second kappa shape index (κ2) is 8.49. The van der Waals surface area contributed by atoms with E-state index in [-0.39, 0.29) is 16.3 Å². The van der Waals surface area contributed by atoms with Gasteiger partial charge in [0.1, 0.15) is 0 Å². The van der Waals surface area contributed by atoms with Gasteiger partial charge in [-0.25, -0.2) is 4.99 Å². The number of aliphatic imine (C=N–C) groups is 1. The molecule has 0 spiro atoms. The van der Waals surface area contributed by atoms with Crippen molar-refractivity contribution < 1.29 is 18.0 Å². The van der Waals surface area contributed by atoms with Gasteiger partial charge in [0.25, 0.3) is 5.91 Å². The lowest BCUT2D eigenvalue weighted by molar-refractivity contribution is -0.141. The van der Waals surface area contributed by atoms with E-state index >= 15 is 0 Å². The van der Waals surface area contributed by atoms with Gasteiger partial charge in [-0.15, -0.1) is 0 Å². The number of hydrogen-bond acceptors (Lipinski definition) is 3. The number of carbonyl (C=O) groups is 1. The van der Waals surface area contributed by atoms with Crippen LogP contribution in [-0.4, -0.2) is 22.0 Å². The third-order valence-corrected chi connectivity index (χ3v) is 4.19. The lowest BCUT2D eigenvalue weighted by atomic mass is 10.0. The van der Waals surface area contributed by atoms with Gasteiger partial charge in [-0.1, -0.05) is 35.8 Å². The van der Waals surface area contributed by atoms with Gasteiger partial charge in [0.2, 0.25) is 0 Å². The first kappa shape index (κ1) is 21.5. The molecule has 0 unspecified atom stereocenters. The maximum atomic E-state index is 13.1. The normalized spacial score (nSPS) is 12.4. The zero-order valence-corrected chi connectivity index (χ0v) is 15.9. The van der Waals surface area contributed by atoms with Gasteiger partial charge in [0, 0.05) is 30.7 Å². The van der Waals surface area contributed by atoms with E-state index in [1.54, 1.807) is 6.07 Å². The lowest BCUT2D eigenvalue weighted by Crippen LogP contribution is -2.25. The summed E-state index contributed by atoms with van der Waals surface area (Å²) in [6, 6.07) is 4.58. The first-order chi connectivity index (χ1) is 13.0. The first-order valence-electron chi connectivity index (χ1n) is 7.55. The number of hydrogen-bond donors (Lipinski definition) is 2. The standard InChI is InChI=1S/C17H14Cl2F3N5O/c1-9(11(6-24-8-23)10-3-4-13(18)14(19)5-10)25-16(28)12-7-27(2)26-15(12)17(20,21)22/h3-8H,1H2,2H3,(H2,23,24)(H,25,28)/b11-6+. The average Bonchev–Trinajstić information content (AvgIpc) is 3.00. The Hall–Kier alpha value is -2.78. The van der Waals surface area contributed by atoms with E-state index in [1.165, 1.54) is 25.4 Å². The Balaban J connectivity index is 2.37. The zero-order valence-electron chi connectivity index (χ0n) is 14.4. The molecule has 148 valence electrons. The van der Waals surface area contributed by atoms with Crippen molar-refractivity contribution in [3.63, 3.8) is 0 Å². The number of nitrogens with one attached hydrogen (secondary N) is 1. The number of aryl methyl sites for hydroxylation is 1. The molecule has 6 nitrogen and oxygen atoms in total. The third kappa shape index (κ3) is 4.93.